The third-order valence-electron chi connectivity index (χ3n) is 3.21. The van der Waals surface area contributed by atoms with Crippen LogP contribution in [0.25, 0.3) is 0 Å². The van der Waals surface area contributed by atoms with Crippen LogP contribution in [-0.4, -0.2) is 12.9 Å². The highest BCUT2D eigenvalue weighted by molar-refractivity contribution is 5.96. The Hall–Kier alpha value is -1.31. The van der Waals surface area contributed by atoms with Crippen molar-refractivity contribution in [3.05, 3.63) is 29.3 Å². The van der Waals surface area contributed by atoms with E-state index < -0.39 is 0 Å². The molecule has 2 rings (SSSR count). The Bertz CT molecular complexity index is 392. The largest absolute Gasteiger partial charge is 0.496 e. The van der Waals surface area contributed by atoms with Gasteiger partial charge in [-0.05, 0) is 30.9 Å². The lowest BCUT2D eigenvalue weighted by molar-refractivity contribution is 0.0977. The summed E-state index contributed by atoms with van der Waals surface area (Å²) in [5.74, 6) is 1.86. The molecule has 0 bridgehead atoms. The van der Waals surface area contributed by atoms with E-state index in [1.165, 1.54) is 12.8 Å². The van der Waals surface area contributed by atoms with E-state index in [1.807, 2.05) is 25.1 Å². The summed E-state index contributed by atoms with van der Waals surface area (Å²) in [5.41, 5.74) is 1.85. The maximum absolute atomic E-state index is 11.9. The fraction of sp³-hybridized carbons (Fsp3) is 0.500. The number of carbonyl (C=O) groups is 1. The van der Waals surface area contributed by atoms with Gasteiger partial charge in [-0.25, -0.2) is 0 Å². The molecule has 0 amide bonds. The molecular formula is C14H18O2. The van der Waals surface area contributed by atoms with E-state index in [2.05, 4.69) is 0 Å². The van der Waals surface area contributed by atoms with Gasteiger partial charge in [-0.3, -0.25) is 4.79 Å². The maximum Gasteiger partial charge on any atom is 0.163 e. The third kappa shape index (κ3) is 2.63. The van der Waals surface area contributed by atoms with Crippen molar-refractivity contribution in [2.45, 2.75) is 32.6 Å². The zero-order valence-electron chi connectivity index (χ0n) is 9.95. The van der Waals surface area contributed by atoms with Crippen molar-refractivity contribution in [3.8, 4) is 5.75 Å². The average Bonchev–Trinajstić information content (AvgIpc) is 3.10. The van der Waals surface area contributed by atoms with Gasteiger partial charge in [-0.2, -0.15) is 0 Å². The summed E-state index contributed by atoms with van der Waals surface area (Å²) >= 11 is 0. The molecule has 0 atom stereocenters. The fourth-order valence-corrected chi connectivity index (χ4v) is 1.88. The minimum Gasteiger partial charge on any atom is -0.496 e. The van der Waals surface area contributed by atoms with E-state index in [1.54, 1.807) is 7.11 Å². The first-order valence-electron chi connectivity index (χ1n) is 5.88. The lowest BCUT2D eigenvalue weighted by Crippen LogP contribution is -2.00. The van der Waals surface area contributed by atoms with Crippen LogP contribution in [0, 0.1) is 12.8 Å². The molecule has 1 aliphatic carbocycles. The first kappa shape index (κ1) is 11.2. The first-order valence-corrected chi connectivity index (χ1v) is 5.88. The Morgan fingerprint density at radius 1 is 1.44 bits per heavy atom. The van der Waals surface area contributed by atoms with Crippen LogP contribution in [0.5, 0.6) is 5.75 Å². The molecular weight excluding hydrogens is 200 g/mol. The van der Waals surface area contributed by atoms with Crippen molar-refractivity contribution >= 4 is 5.78 Å². The summed E-state index contributed by atoms with van der Waals surface area (Å²) in [6.45, 7) is 1.98. The molecule has 0 N–H and O–H groups in total. The molecule has 1 aliphatic rings. The Morgan fingerprint density at radius 2 is 2.19 bits per heavy atom. The van der Waals surface area contributed by atoms with Crippen LogP contribution < -0.4 is 4.74 Å². The van der Waals surface area contributed by atoms with E-state index in [4.69, 9.17) is 4.74 Å². The number of aryl methyl sites for hydroxylation is 1. The fourth-order valence-electron chi connectivity index (χ4n) is 1.88. The van der Waals surface area contributed by atoms with E-state index in [-0.39, 0.29) is 5.78 Å². The summed E-state index contributed by atoms with van der Waals surface area (Å²) in [6.07, 6.45) is 4.35. The average molecular weight is 218 g/mol. The van der Waals surface area contributed by atoms with Gasteiger partial charge in [-0.1, -0.05) is 25.0 Å². The molecule has 1 aromatic carbocycles. The number of carbonyl (C=O) groups excluding carboxylic acids is 1. The molecule has 16 heavy (non-hydrogen) atoms. The van der Waals surface area contributed by atoms with E-state index in [0.29, 0.717) is 6.42 Å². The number of ether oxygens (including phenoxy) is 1. The summed E-state index contributed by atoms with van der Waals surface area (Å²) in [6, 6.07) is 5.70. The lowest BCUT2D eigenvalue weighted by atomic mass is 10.0. The molecule has 0 radical (unpaired) electrons. The second kappa shape index (κ2) is 4.69. The number of Topliss-reactive ketones (excluding diaryl/α,β-unsaturated/α-hetero) is 1. The predicted molar refractivity (Wildman–Crippen MR) is 64.0 cm³/mol. The highest BCUT2D eigenvalue weighted by Crippen LogP contribution is 2.34. The summed E-state index contributed by atoms with van der Waals surface area (Å²) in [4.78, 5) is 11.9. The standard InChI is InChI=1S/C14H18O2/c1-10-3-7-12(9-14(10)16-2)13(15)8-6-11-4-5-11/h3,7,9,11H,4-6,8H2,1-2H3. The lowest BCUT2D eigenvalue weighted by Gasteiger charge is -2.06. The molecule has 1 aromatic rings. The number of methoxy groups -OCH3 is 1. The van der Waals surface area contributed by atoms with Gasteiger partial charge in [0.2, 0.25) is 0 Å². The third-order valence-corrected chi connectivity index (χ3v) is 3.21. The SMILES string of the molecule is COc1cc(C(=O)CCC2CC2)ccc1C. The normalized spacial score (nSPS) is 14.9. The van der Waals surface area contributed by atoms with E-state index >= 15 is 0 Å². The summed E-state index contributed by atoms with van der Waals surface area (Å²) in [7, 11) is 1.64. The van der Waals surface area contributed by atoms with Gasteiger partial charge in [0.05, 0.1) is 7.11 Å². The molecule has 1 saturated carbocycles. The zero-order valence-corrected chi connectivity index (χ0v) is 9.95. The molecule has 2 heteroatoms. The van der Waals surface area contributed by atoms with Crippen molar-refractivity contribution in [3.63, 3.8) is 0 Å². The van der Waals surface area contributed by atoms with Crippen LogP contribution in [-0.2, 0) is 0 Å². The molecule has 0 aromatic heterocycles. The van der Waals surface area contributed by atoms with Gasteiger partial charge < -0.3 is 4.74 Å². The van der Waals surface area contributed by atoms with Crippen LogP contribution in [0.15, 0.2) is 18.2 Å². The number of rotatable bonds is 5. The van der Waals surface area contributed by atoms with Crippen molar-refractivity contribution < 1.29 is 9.53 Å². The van der Waals surface area contributed by atoms with Gasteiger partial charge in [0.15, 0.2) is 5.78 Å². The number of hydrogen-bond donors (Lipinski definition) is 0. The van der Waals surface area contributed by atoms with Crippen molar-refractivity contribution in [2.75, 3.05) is 7.11 Å². The zero-order chi connectivity index (χ0) is 11.5. The van der Waals surface area contributed by atoms with Crippen molar-refractivity contribution in [1.82, 2.24) is 0 Å². The molecule has 2 nitrogen and oxygen atoms in total. The number of hydrogen-bond acceptors (Lipinski definition) is 2. The van der Waals surface area contributed by atoms with Crippen molar-refractivity contribution in [2.24, 2.45) is 5.92 Å². The summed E-state index contributed by atoms with van der Waals surface area (Å²) < 4.78 is 5.22. The van der Waals surface area contributed by atoms with Gasteiger partial charge in [0, 0.05) is 12.0 Å². The van der Waals surface area contributed by atoms with Crippen LogP contribution in [0.1, 0.15) is 41.6 Å². The van der Waals surface area contributed by atoms with Gasteiger partial charge >= 0.3 is 0 Å². The highest BCUT2D eigenvalue weighted by Gasteiger charge is 2.22. The minimum atomic E-state index is 0.241. The molecule has 0 spiro atoms. The Balaban J connectivity index is 2.03. The van der Waals surface area contributed by atoms with Crippen LogP contribution in [0.3, 0.4) is 0 Å². The number of ketones is 1. The second-order valence-corrected chi connectivity index (χ2v) is 4.59. The Kier molecular flexibility index (Phi) is 3.28. The Morgan fingerprint density at radius 3 is 2.81 bits per heavy atom. The molecule has 0 aliphatic heterocycles. The summed E-state index contributed by atoms with van der Waals surface area (Å²) in [5, 5.41) is 0. The van der Waals surface area contributed by atoms with Crippen LogP contribution in [0.4, 0.5) is 0 Å². The van der Waals surface area contributed by atoms with Gasteiger partial charge in [0.1, 0.15) is 5.75 Å². The van der Waals surface area contributed by atoms with Gasteiger partial charge in [-0.15, -0.1) is 0 Å². The molecule has 1 fully saturated rings. The highest BCUT2D eigenvalue weighted by atomic mass is 16.5. The van der Waals surface area contributed by atoms with E-state index in [9.17, 15) is 4.79 Å². The first-order chi connectivity index (χ1) is 7.70. The maximum atomic E-state index is 11.9. The second-order valence-electron chi connectivity index (χ2n) is 4.59. The molecule has 0 saturated heterocycles. The van der Waals surface area contributed by atoms with Gasteiger partial charge in [0.25, 0.3) is 0 Å². The molecule has 0 heterocycles. The van der Waals surface area contributed by atoms with Crippen molar-refractivity contribution in [1.29, 1.82) is 0 Å². The Labute approximate surface area is 96.6 Å². The monoisotopic (exact) mass is 218 g/mol. The smallest absolute Gasteiger partial charge is 0.163 e. The molecule has 0 unspecified atom stereocenters. The molecule has 86 valence electrons. The minimum absolute atomic E-state index is 0.241. The topological polar surface area (TPSA) is 26.3 Å². The quantitative estimate of drug-likeness (QED) is 0.708. The predicted octanol–water partition coefficient (Wildman–Crippen LogP) is 3.38. The van der Waals surface area contributed by atoms with Crippen LogP contribution in [0.2, 0.25) is 0 Å². The van der Waals surface area contributed by atoms with E-state index in [0.717, 1.165) is 29.2 Å². The van der Waals surface area contributed by atoms with Crippen LogP contribution >= 0.6 is 0 Å². The number of benzene rings is 1.